The molecular weight excluding hydrogens is 555 g/mol. The fourth-order valence-electron chi connectivity index (χ4n) is 7.50. The molecule has 46 heavy (non-hydrogen) atoms. The molecule has 3 unspecified atom stereocenters. The molecule has 0 fully saturated rings. The van der Waals surface area contributed by atoms with E-state index < -0.39 is 0 Å². The molecule has 0 saturated carbocycles. The van der Waals surface area contributed by atoms with Gasteiger partial charge in [-0.1, -0.05) is 147 Å². The van der Waals surface area contributed by atoms with Crippen molar-refractivity contribution in [1.82, 2.24) is 0 Å². The van der Waals surface area contributed by atoms with E-state index in [0.29, 0.717) is 11.8 Å². The lowest BCUT2D eigenvalue weighted by molar-refractivity contribution is 0.367. The average molecular weight is 612 g/mol. The molecule has 3 aliphatic rings. The van der Waals surface area contributed by atoms with Gasteiger partial charge in [-0.05, 0) is 110 Å². The van der Waals surface area contributed by atoms with Crippen LogP contribution >= 0.6 is 0 Å². The zero-order chi connectivity index (χ0) is 31.8. The van der Waals surface area contributed by atoms with E-state index in [-0.39, 0.29) is 0 Å². The summed E-state index contributed by atoms with van der Waals surface area (Å²) >= 11 is 0. The molecule has 1 nitrogen and oxygen atoms in total. The molecule has 0 N–H and O–H groups in total. The first-order chi connectivity index (χ1) is 22.7. The van der Waals surface area contributed by atoms with Crippen LogP contribution in [-0.4, -0.2) is 12.3 Å². The van der Waals surface area contributed by atoms with Crippen molar-refractivity contribution in [2.45, 2.75) is 104 Å². The monoisotopic (exact) mass is 611 g/mol. The predicted molar refractivity (Wildman–Crippen MR) is 201 cm³/mol. The van der Waals surface area contributed by atoms with Crippen molar-refractivity contribution in [3.63, 3.8) is 0 Å². The third kappa shape index (κ3) is 11.1. The fourth-order valence-corrected chi connectivity index (χ4v) is 7.50. The molecule has 0 spiro atoms. The zero-order valence-corrected chi connectivity index (χ0v) is 28.7. The minimum Gasteiger partial charge on any atom is -0.289 e. The Morgan fingerprint density at radius 1 is 0.848 bits per heavy atom. The van der Waals surface area contributed by atoms with E-state index >= 15 is 0 Å². The summed E-state index contributed by atoms with van der Waals surface area (Å²) in [6, 6.07) is 20.2. The number of allylic oxidation sites excluding steroid dienone is 10. The van der Waals surface area contributed by atoms with Gasteiger partial charge in [0.25, 0.3) is 0 Å². The number of aryl methyl sites for hydroxylation is 1. The standard InChI is InChI=1S/C45H57N/c1-3-15-37(16-10-11-19-40-20-14-21-42(34-40)33-39-17-6-4-7-18-39)26-27-38-28-30-41(31-29-38)35-46-36(2)32-44-24-12-13-25-45(44)43-22-8-5-9-23-43/h4-9,13-14,17,20-23,25,28,30-31,34,37-39H,3,10-12,15-16,18-19,24,26-27,29,32-33,35H2,1-2H3. The summed E-state index contributed by atoms with van der Waals surface area (Å²) in [6.07, 6.45) is 38.4. The van der Waals surface area contributed by atoms with Crippen molar-refractivity contribution >= 4 is 11.3 Å². The summed E-state index contributed by atoms with van der Waals surface area (Å²) in [7, 11) is 0. The highest BCUT2D eigenvalue weighted by Gasteiger charge is 2.15. The van der Waals surface area contributed by atoms with Crippen LogP contribution in [0.5, 0.6) is 0 Å². The van der Waals surface area contributed by atoms with Crippen LogP contribution in [0.4, 0.5) is 0 Å². The van der Waals surface area contributed by atoms with E-state index in [1.807, 2.05) is 0 Å². The summed E-state index contributed by atoms with van der Waals surface area (Å²) in [6.45, 7) is 5.38. The Bertz CT molecular complexity index is 1440. The van der Waals surface area contributed by atoms with E-state index in [9.17, 15) is 0 Å². The number of hydrogen-bond donors (Lipinski definition) is 0. The lowest BCUT2D eigenvalue weighted by Crippen LogP contribution is -2.07. The first-order valence-electron chi connectivity index (χ1n) is 18.4. The largest absolute Gasteiger partial charge is 0.289 e. The molecule has 3 atom stereocenters. The minimum absolute atomic E-state index is 0.662. The van der Waals surface area contributed by atoms with Crippen LogP contribution in [-0.2, 0) is 12.8 Å². The van der Waals surface area contributed by atoms with Gasteiger partial charge < -0.3 is 0 Å². The smallest absolute Gasteiger partial charge is 0.0635 e. The Morgan fingerprint density at radius 3 is 2.54 bits per heavy atom. The minimum atomic E-state index is 0.662. The maximum atomic E-state index is 5.02. The number of benzene rings is 2. The topological polar surface area (TPSA) is 12.4 Å². The molecule has 0 bridgehead atoms. The average Bonchev–Trinajstić information content (AvgIpc) is 3.10. The normalized spacial score (nSPS) is 20.3. The van der Waals surface area contributed by atoms with Crippen molar-refractivity contribution in [2.24, 2.45) is 22.7 Å². The van der Waals surface area contributed by atoms with E-state index in [4.69, 9.17) is 4.99 Å². The molecule has 0 amide bonds. The van der Waals surface area contributed by atoms with E-state index in [1.165, 1.54) is 110 Å². The van der Waals surface area contributed by atoms with Crippen molar-refractivity contribution in [2.75, 3.05) is 6.54 Å². The van der Waals surface area contributed by atoms with Gasteiger partial charge in [-0.15, -0.1) is 0 Å². The first-order valence-corrected chi connectivity index (χ1v) is 18.4. The molecule has 2 aromatic carbocycles. The van der Waals surface area contributed by atoms with Crippen molar-refractivity contribution in [3.8, 4) is 0 Å². The lowest BCUT2D eigenvalue weighted by atomic mass is 9.85. The van der Waals surface area contributed by atoms with Crippen LogP contribution in [0.2, 0.25) is 0 Å². The molecular formula is C45H57N. The second kappa shape index (κ2) is 18.6. The van der Waals surface area contributed by atoms with Gasteiger partial charge in [0.15, 0.2) is 0 Å². The number of nitrogens with zero attached hydrogens (tertiary/aromatic N) is 1. The van der Waals surface area contributed by atoms with E-state index in [1.54, 1.807) is 0 Å². The SMILES string of the molecule is CCCC(CCCCc1cccc(CC2C=CC=CC2)c1)CCC1C=CC(CN=C(C)CC2=C(c3ccccc3)C=CCC2)=CC1. The lowest BCUT2D eigenvalue weighted by Gasteiger charge is -2.21. The fraction of sp³-hybridized carbons (Fsp3) is 0.444. The van der Waals surface area contributed by atoms with Crippen LogP contribution < -0.4 is 0 Å². The molecule has 3 aliphatic carbocycles. The highest BCUT2D eigenvalue weighted by molar-refractivity contribution is 5.89. The maximum absolute atomic E-state index is 5.02. The molecule has 0 radical (unpaired) electrons. The second-order valence-corrected chi connectivity index (χ2v) is 14.0. The summed E-state index contributed by atoms with van der Waals surface area (Å²) in [5.74, 6) is 2.23. The molecule has 1 heteroatoms. The summed E-state index contributed by atoms with van der Waals surface area (Å²) < 4.78 is 0. The Kier molecular flexibility index (Phi) is 13.7. The van der Waals surface area contributed by atoms with Crippen LogP contribution in [0.1, 0.15) is 108 Å². The Balaban J connectivity index is 1.01. The molecule has 0 heterocycles. The van der Waals surface area contributed by atoms with Crippen molar-refractivity contribution < 1.29 is 0 Å². The number of aliphatic imine (C=N–C) groups is 1. The van der Waals surface area contributed by atoms with Gasteiger partial charge in [0.2, 0.25) is 0 Å². The number of hydrogen-bond acceptors (Lipinski definition) is 1. The Morgan fingerprint density at radius 2 is 1.74 bits per heavy atom. The molecule has 0 aliphatic heterocycles. The third-order valence-electron chi connectivity index (χ3n) is 10.2. The van der Waals surface area contributed by atoms with Gasteiger partial charge in [0.1, 0.15) is 0 Å². The number of rotatable bonds is 17. The van der Waals surface area contributed by atoms with Crippen molar-refractivity contribution in [1.29, 1.82) is 0 Å². The second-order valence-electron chi connectivity index (χ2n) is 14.0. The van der Waals surface area contributed by atoms with Crippen LogP contribution in [0.3, 0.4) is 0 Å². The zero-order valence-electron chi connectivity index (χ0n) is 28.7. The summed E-state index contributed by atoms with van der Waals surface area (Å²) in [5.41, 5.74) is 9.91. The Hall–Kier alpha value is -3.45. The molecule has 242 valence electrons. The van der Waals surface area contributed by atoms with Gasteiger partial charge >= 0.3 is 0 Å². The van der Waals surface area contributed by atoms with Gasteiger partial charge in [-0.2, -0.15) is 0 Å². The van der Waals surface area contributed by atoms with Crippen molar-refractivity contribution in [3.05, 3.63) is 137 Å². The highest BCUT2D eigenvalue weighted by Crippen LogP contribution is 2.31. The quantitative estimate of drug-likeness (QED) is 0.125. The van der Waals surface area contributed by atoms with Gasteiger partial charge in [0.05, 0.1) is 6.54 Å². The third-order valence-corrected chi connectivity index (χ3v) is 10.2. The van der Waals surface area contributed by atoms with E-state index in [0.717, 1.165) is 31.7 Å². The van der Waals surface area contributed by atoms with Gasteiger partial charge in [0, 0.05) is 12.1 Å². The molecule has 2 aromatic rings. The van der Waals surface area contributed by atoms with Crippen LogP contribution in [0.15, 0.2) is 125 Å². The van der Waals surface area contributed by atoms with Crippen LogP contribution in [0.25, 0.3) is 5.57 Å². The maximum Gasteiger partial charge on any atom is 0.0635 e. The summed E-state index contributed by atoms with van der Waals surface area (Å²) in [5, 5.41) is 0. The first kappa shape index (κ1) is 33.9. The highest BCUT2D eigenvalue weighted by atomic mass is 14.7. The van der Waals surface area contributed by atoms with Gasteiger partial charge in [-0.3, -0.25) is 4.99 Å². The molecule has 0 aromatic heterocycles. The number of unbranched alkanes of at least 4 members (excludes halogenated alkanes) is 1. The Labute approximate surface area is 280 Å². The van der Waals surface area contributed by atoms with E-state index in [2.05, 4.69) is 123 Å². The van der Waals surface area contributed by atoms with Crippen LogP contribution in [0, 0.1) is 17.8 Å². The molecule has 5 rings (SSSR count). The summed E-state index contributed by atoms with van der Waals surface area (Å²) in [4.78, 5) is 5.02. The molecule has 0 saturated heterocycles. The van der Waals surface area contributed by atoms with Gasteiger partial charge in [-0.25, -0.2) is 0 Å². The predicted octanol–water partition coefficient (Wildman–Crippen LogP) is 12.4.